The number of fused-ring (bicyclic) bond motifs is 2. The number of carbonyl (C=O) groups excluding carboxylic acids is 2. The molecule has 3 aliphatic rings. The van der Waals surface area contributed by atoms with E-state index in [-0.39, 0.29) is 35.4 Å². The lowest BCUT2D eigenvalue weighted by Crippen LogP contribution is -2.59. The molecule has 1 N–H and O–H groups in total. The van der Waals surface area contributed by atoms with Crippen LogP contribution >= 0.6 is 11.8 Å². The minimum absolute atomic E-state index is 0.0827. The summed E-state index contributed by atoms with van der Waals surface area (Å²) in [5.74, 6) is 5.84. The van der Waals surface area contributed by atoms with Gasteiger partial charge in [-0.25, -0.2) is 4.79 Å². The van der Waals surface area contributed by atoms with Crippen molar-refractivity contribution in [2.24, 2.45) is 5.92 Å². The molecule has 2 fully saturated rings. The van der Waals surface area contributed by atoms with Crippen LogP contribution in [-0.2, 0) is 19.0 Å². The van der Waals surface area contributed by atoms with Crippen LogP contribution in [0.25, 0.3) is 0 Å². The molecule has 7 heteroatoms. The molecule has 0 saturated carbocycles. The Morgan fingerprint density at radius 3 is 2.87 bits per heavy atom. The fraction of sp³-hybridized carbons (Fsp3) is 0.652. The third-order valence-electron chi connectivity index (χ3n) is 5.76. The number of nitrogens with one attached hydrogen (secondary N) is 1. The Hall–Kier alpha value is -1.75. The van der Waals surface area contributed by atoms with Crippen molar-refractivity contribution in [3.05, 3.63) is 23.8 Å². The predicted molar refractivity (Wildman–Crippen MR) is 117 cm³/mol. The number of amides is 1. The number of hydrogen-bond acceptors (Lipinski definition) is 6. The number of ether oxygens (including phenoxy) is 3. The van der Waals surface area contributed by atoms with Gasteiger partial charge in [0.15, 0.2) is 5.79 Å². The first-order valence-corrected chi connectivity index (χ1v) is 11.6. The molecule has 0 aromatic rings. The molecule has 0 aliphatic carbocycles. The number of rotatable bonds is 2. The van der Waals surface area contributed by atoms with E-state index < -0.39 is 5.79 Å². The summed E-state index contributed by atoms with van der Waals surface area (Å²) in [5.41, 5.74) is 0.971. The monoisotopic (exact) mass is 433 g/mol. The van der Waals surface area contributed by atoms with Crippen molar-refractivity contribution < 1.29 is 23.8 Å². The molecule has 0 spiro atoms. The van der Waals surface area contributed by atoms with E-state index in [0.717, 1.165) is 31.3 Å². The number of methoxy groups -OCH3 is 1. The molecular formula is C23H31NO5S. The summed E-state index contributed by atoms with van der Waals surface area (Å²) in [6.07, 6.45) is 9.28. The average Bonchev–Trinajstić information content (AvgIpc) is 3.15. The Morgan fingerprint density at radius 1 is 1.30 bits per heavy atom. The third kappa shape index (κ3) is 6.13. The Bertz CT molecular complexity index is 767. The van der Waals surface area contributed by atoms with Crippen molar-refractivity contribution >= 4 is 23.0 Å². The van der Waals surface area contributed by atoms with Gasteiger partial charge < -0.3 is 19.5 Å². The number of allylic oxidation sites excluding steroid dienone is 3. The Labute approximate surface area is 183 Å². The lowest BCUT2D eigenvalue weighted by Gasteiger charge is -2.46. The molecule has 3 aliphatic heterocycles. The molecule has 3 heterocycles. The highest BCUT2D eigenvalue weighted by atomic mass is 32.2. The summed E-state index contributed by atoms with van der Waals surface area (Å²) in [6.45, 7) is 4.04. The molecule has 2 saturated heterocycles. The van der Waals surface area contributed by atoms with Gasteiger partial charge in [0, 0.05) is 37.7 Å². The maximum absolute atomic E-state index is 12.5. The van der Waals surface area contributed by atoms with Crippen molar-refractivity contribution in [1.82, 2.24) is 5.32 Å². The molecule has 0 aromatic carbocycles. The Morgan fingerprint density at radius 2 is 2.13 bits per heavy atom. The van der Waals surface area contributed by atoms with Gasteiger partial charge in [0.25, 0.3) is 5.24 Å². The Balaban J connectivity index is 1.83. The second-order valence-electron chi connectivity index (χ2n) is 8.25. The SMILES string of the molecule is CO[C@]1([C@@H]2CSC(=O)N2)C[C@H]2C[C@@H](CC[C@H](C)C#C/C=C/CC/C(C)=C\C(=O)O2)O1. The maximum atomic E-state index is 12.5. The first-order valence-electron chi connectivity index (χ1n) is 10.6. The normalized spacial score (nSPS) is 38.4. The van der Waals surface area contributed by atoms with E-state index >= 15 is 0 Å². The van der Waals surface area contributed by atoms with Gasteiger partial charge in [0.05, 0.1) is 12.1 Å². The minimum atomic E-state index is -1.01. The minimum Gasteiger partial charge on any atom is -0.459 e. The smallest absolute Gasteiger partial charge is 0.330 e. The highest BCUT2D eigenvalue weighted by molar-refractivity contribution is 8.14. The summed E-state index contributed by atoms with van der Waals surface area (Å²) < 4.78 is 18.1. The average molecular weight is 434 g/mol. The fourth-order valence-electron chi connectivity index (χ4n) is 4.08. The molecule has 5 atom stereocenters. The van der Waals surface area contributed by atoms with Crippen LogP contribution in [0.2, 0.25) is 0 Å². The highest BCUT2D eigenvalue weighted by Crippen LogP contribution is 2.39. The van der Waals surface area contributed by atoms with E-state index in [0.29, 0.717) is 18.6 Å². The van der Waals surface area contributed by atoms with Gasteiger partial charge in [-0.2, -0.15) is 0 Å². The zero-order valence-electron chi connectivity index (χ0n) is 17.9. The van der Waals surface area contributed by atoms with Gasteiger partial charge in [0.2, 0.25) is 0 Å². The third-order valence-corrected chi connectivity index (χ3v) is 6.64. The lowest BCUT2D eigenvalue weighted by atomic mass is 9.90. The zero-order chi connectivity index (χ0) is 21.6. The van der Waals surface area contributed by atoms with E-state index in [4.69, 9.17) is 14.2 Å². The van der Waals surface area contributed by atoms with Gasteiger partial charge in [-0.15, -0.1) is 0 Å². The summed E-state index contributed by atoms with van der Waals surface area (Å²) >= 11 is 1.22. The van der Waals surface area contributed by atoms with E-state index in [9.17, 15) is 9.59 Å². The van der Waals surface area contributed by atoms with Gasteiger partial charge in [-0.3, -0.25) is 4.79 Å². The van der Waals surface area contributed by atoms with Gasteiger partial charge in [-0.1, -0.05) is 42.2 Å². The number of carbonyl (C=O) groups is 2. The van der Waals surface area contributed by atoms with Gasteiger partial charge in [-0.05, 0) is 38.7 Å². The zero-order valence-corrected chi connectivity index (χ0v) is 18.8. The molecule has 2 bridgehead atoms. The highest BCUT2D eigenvalue weighted by Gasteiger charge is 2.51. The summed E-state index contributed by atoms with van der Waals surface area (Å²) in [6, 6.07) is -0.283. The van der Waals surface area contributed by atoms with Crippen LogP contribution in [0.5, 0.6) is 0 Å². The van der Waals surface area contributed by atoms with Crippen LogP contribution < -0.4 is 5.32 Å². The molecular weight excluding hydrogens is 402 g/mol. The van der Waals surface area contributed by atoms with E-state index in [1.807, 2.05) is 19.1 Å². The van der Waals surface area contributed by atoms with Crippen LogP contribution in [0, 0.1) is 17.8 Å². The molecule has 30 heavy (non-hydrogen) atoms. The summed E-state index contributed by atoms with van der Waals surface area (Å²) in [4.78, 5) is 24.3. The number of thioether (sulfide) groups is 1. The van der Waals surface area contributed by atoms with Gasteiger partial charge >= 0.3 is 5.97 Å². The maximum Gasteiger partial charge on any atom is 0.330 e. The number of esters is 1. The summed E-state index contributed by atoms with van der Waals surface area (Å²) in [7, 11) is 1.59. The second kappa shape index (κ2) is 10.5. The van der Waals surface area contributed by atoms with Gasteiger partial charge in [0.1, 0.15) is 6.10 Å². The number of hydrogen-bond donors (Lipinski definition) is 1. The fourth-order valence-corrected chi connectivity index (χ4v) is 4.96. The van der Waals surface area contributed by atoms with Crippen LogP contribution in [0.15, 0.2) is 23.8 Å². The quantitative estimate of drug-likeness (QED) is 0.525. The topological polar surface area (TPSA) is 73.9 Å². The molecule has 0 unspecified atom stereocenters. The van der Waals surface area contributed by atoms with E-state index in [1.165, 1.54) is 11.8 Å². The van der Waals surface area contributed by atoms with E-state index in [1.54, 1.807) is 13.2 Å². The van der Waals surface area contributed by atoms with Crippen molar-refractivity contribution in [1.29, 1.82) is 0 Å². The van der Waals surface area contributed by atoms with Crippen molar-refractivity contribution in [2.75, 3.05) is 12.9 Å². The first-order chi connectivity index (χ1) is 14.4. The summed E-state index contributed by atoms with van der Waals surface area (Å²) in [5, 5.41) is 2.86. The molecule has 1 amide bonds. The Kier molecular flexibility index (Phi) is 8.04. The second-order valence-corrected chi connectivity index (χ2v) is 9.24. The van der Waals surface area contributed by atoms with Crippen LogP contribution in [0.3, 0.4) is 0 Å². The van der Waals surface area contributed by atoms with Crippen LogP contribution in [0.1, 0.15) is 52.4 Å². The molecule has 164 valence electrons. The van der Waals surface area contributed by atoms with Crippen molar-refractivity contribution in [2.45, 2.75) is 76.4 Å². The van der Waals surface area contributed by atoms with Crippen LogP contribution in [-0.4, -0.2) is 48.1 Å². The molecule has 0 aromatic heterocycles. The molecule has 0 radical (unpaired) electrons. The first kappa shape index (κ1) is 22.9. The predicted octanol–water partition coefficient (Wildman–Crippen LogP) is 3.96. The molecule has 3 rings (SSSR count). The lowest BCUT2D eigenvalue weighted by molar-refractivity contribution is -0.296. The van der Waals surface area contributed by atoms with Crippen LogP contribution in [0.4, 0.5) is 4.79 Å². The molecule has 6 nitrogen and oxygen atoms in total. The van der Waals surface area contributed by atoms with E-state index in [2.05, 4.69) is 24.1 Å². The van der Waals surface area contributed by atoms with Crippen molar-refractivity contribution in [3.8, 4) is 11.8 Å². The largest absolute Gasteiger partial charge is 0.459 e. The standard InChI is InChI=1S/C23H31NO5S/c1-16-8-6-4-5-7-9-17(2)12-21(25)28-19-13-18(11-10-16)29-23(14-19,27-3)20-15-30-22(26)24-20/h4-5,12,16,18-20H,7,9-11,13-15H2,1-3H3,(H,24,26)/b5-4+,17-12-/t16-,18-,19-,20+,23-/m1/s1. The van der Waals surface area contributed by atoms with Crippen molar-refractivity contribution in [3.63, 3.8) is 0 Å².